The fraction of sp³-hybridized carbons (Fsp3) is 0.273. The molecule has 0 saturated carbocycles. The molecule has 0 atom stereocenters. The van der Waals surface area contributed by atoms with Gasteiger partial charge in [0.15, 0.2) is 6.61 Å². The van der Waals surface area contributed by atoms with Crippen molar-refractivity contribution in [3.8, 4) is 16.9 Å². The molecule has 0 saturated heterocycles. The summed E-state index contributed by atoms with van der Waals surface area (Å²) in [6.45, 7) is 1.90. The molecule has 0 aliphatic heterocycles. The molecule has 1 aliphatic rings. The number of rotatable bonds is 5. The lowest BCUT2D eigenvalue weighted by Crippen LogP contribution is -2.22. The van der Waals surface area contributed by atoms with E-state index in [1.54, 1.807) is 4.68 Å². The molecule has 1 amide bonds. The van der Waals surface area contributed by atoms with Crippen molar-refractivity contribution in [2.24, 2.45) is 7.05 Å². The zero-order valence-corrected chi connectivity index (χ0v) is 17.5. The molecular weight excluding hydrogens is 418 g/mol. The van der Waals surface area contributed by atoms with Gasteiger partial charge in [-0.3, -0.25) is 9.48 Å². The van der Waals surface area contributed by atoms with Gasteiger partial charge in [-0.25, -0.2) is 0 Å². The van der Waals surface area contributed by atoms with Gasteiger partial charge in [-0.15, -0.1) is 0 Å². The van der Waals surface area contributed by atoms with E-state index in [2.05, 4.69) is 38.5 Å². The summed E-state index contributed by atoms with van der Waals surface area (Å²) in [4.78, 5) is 12.5. The number of halogens is 1. The van der Waals surface area contributed by atoms with E-state index in [0.717, 1.165) is 39.9 Å². The molecule has 4 rings (SSSR count). The Labute approximate surface area is 172 Å². The average Bonchev–Trinajstić information content (AvgIpc) is 3.25. The number of aryl methyl sites for hydroxylation is 4. The van der Waals surface area contributed by atoms with Gasteiger partial charge >= 0.3 is 0 Å². The van der Waals surface area contributed by atoms with E-state index in [4.69, 9.17) is 4.74 Å². The summed E-state index contributed by atoms with van der Waals surface area (Å²) in [7, 11) is 1.83. The molecule has 0 fully saturated rings. The zero-order chi connectivity index (χ0) is 19.7. The number of fused-ring (bicyclic) bond motifs is 1. The molecule has 1 N–H and O–H groups in total. The number of carbonyl (C=O) groups is 1. The third kappa shape index (κ3) is 3.83. The highest BCUT2D eigenvalue weighted by molar-refractivity contribution is 9.10. The molecule has 0 spiro atoms. The number of nitrogens with one attached hydrogen (secondary N) is 1. The Kier molecular flexibility index (Phi) is 5.22. The molecule has 3 aromatic rings. The van der Waals surface area contributed by atoms with Crippen LogP contribution in [0.1, 0.15) is 23.2 Å². The van der Waals surface area contributed by atoms with Crippen LogP contribution in [0.5, 0.6) is 5.75 Å². The summed E-state index contributed by atoms with van der Waals surface area (Å²) in [5.74, 6) is 1.20. The fourth-order valence-corrected chi connectivity index (χ4v) is 3.98. The maximum absolute atomic E-state index is 12.5. The highest BCUT2D eigenvalue weighted by atomic mass is 79.9. The van der Waals surface area contributed by atoms with Gasteiger partial charge in [-0.05, 0) is 67.1 Å². The lowest BCUT2D eigenvalue weighted by molar-refractivity contribution is -0.118. The number of carbonyl (C=O) groups excluding carboxylic acids is 1. The quantitative estimate of drug-likeness (QED) is 0.628. The third-order valence-corrected chi connectivity index (χ3v) is 5.58. The van der Waals surface area contributed by atoms with Crippen molar-refractivity contribution in [3.05, 3.63) is 63.8 Å². The predicted octanol–water partition coefficient (Wildman–Crippen LogP) is 4.66. The number of anilines is 1. The average molecular weight is 440 g/mol. The lowest BCUT2D eigenvalue weighted by Gasteiger charge is -2.11. The first-order valence-electron chi connectivity index (χ1n) is 9.35. The minimum atomic E-state index is -0.207. The van der Waals surface area contributed by atoms with E-state index in [1.807, 2.05) is 44.3 Å². The summed E-state index contributed by atoms with van der Waals surface area (Å²) in [6, 6.07) is 14.1. The van der Waals surface area contributed by atoms with Crippen molar-refractivity contribution in [2.75, 3.05) is 11.9 Å². The molecule has 5 nitrogen and oxygen atoms in total. The lowest BCUT2D eigenvalue weighted by atomic mass is 10.1. The fourth-order valence-electron chi connectivity index (χ4n) is 3.72. The van der Waals surface area contributed by atoms with Crippen LogP contribution >= 0.6 is 15.9 Å². The summed E-state index contributed by atoms with van der Waals surface area (Å²) >= 11 is 3.45. The third-order valence-electron chi connectivity index (χ3n) is 5.05. The van der Waals surface area contributed by atoms with Crippen molar-refractivity contribution in [2.45, 2.75) is 26.2 Å². The van der Waals surface area contributed by atoms with E-state index < -0.39 is 0 Å². The smallest absolute Gasteiger partial charge is 0.263 e. The van der Waals surface area contributed by atoms with Crippen LogP contribution in [-0.4, -0.2) is 22.3 Å². The predicted molar refractivity (Wildman–Crippen MR) is 114 cm³/mol. The molecule has 1 aromatic heterocycles. The first-order valence-corrected chi connectivity index (χ1v) is 10.1. The number of hydrogen-bond acceptors (Lipinski definition) is 3. The molecule has 0 bridgehead atoms. The van der Waals surface area contributed by atoms with Gasteiger partial charge in [-0.1, -0.05) is 34.1 Å². The highest BCUT2D eigenvalue weighted by Crippen LogP contribution is 2.32. The molecule has 2 aromatic carbocycles. The Balaban J connectivity index is 1.48. The van der Waals surface area contributed by atoms with Crippen molar-refractivity contribution < 1.29 is 9.53 Å². The second-order valence-corrected chi connectivity index (χ2v) is 7.98. The van der Waals surface area contributed by atoms with Gasteiger partial charge in [0.2, 0.25) is 0 Å². The molecule has 144 valence electrons. The molecule has 0 radical (unpaired) electrons. The van der Waals surface area contributed by atoms with Crippen molar-refractivity contribution in [1.82, 2.24) is 9.78 Å². The summed E-state index contributed by atoms with van der Waals surface area (Å²) < 4.78 is 8.43. The maximum Gasteiger partial charge on any atom is 0.263 e. The van der Waals surface area contributed by atoms with Crippen LogP contribution < -0.4 is 10.1 Å². The van der Waals surface area contributed by atoms with E-state index in [9.17, 15) is 4.79 Å². The number of amides is 1. The largest absolute Gasteiger partial charge is 0.484 e. The SMILES string of the molecule is Cc1nn(C)c(NC(=O)COc2ccc3c(c2)CCC3)c1-c1ccc(Br)cc1. The molecule has 1 aliphatic carbocycles. The number of ether oxygens (including phenoxy) is 1. The van der Waals surface area contributed by atoms with E-state index in [1.165, 1.54) is 17.5 Å². The second kappa shape index (κ2) is 7.80. The van der Waals surface area contributed by atoms with Gasteiger partial charge in [0.1, 0.15) is 11.6 Å². The van der Waals surface area contributed by atoms with Gasteiger partial charge in [-0.2, -0.15) is 5.10 Å². The molecule has 6 heteroatoms. The number of aromatic nitrogens is 2. The van der Waals surface area contributed by atoms with Crippen LogP contribution in [0.2, 0.25) is 0 Å². The first kappa shape index (κ1) is 18.7. The normalized spacial score (nSPS) is 12.7. The van der Waals surface area contributed by atoms with Crippen molar-refractivity contribution >= 4 is 27.7 Å². The highest BCUT2D eigenvalue weighted by Gasteiger charge is 2.18. The monoisotopic (exact) mass is 439 g/mol. The molecule has 1 heterocycles. The van der Waals surface area contributed by atoms with Crippen LogP contribution in [0.4, 0.5) is 5.82 Å². The van der Waals surface area contributed by atoms with Gasteiger partial charge in [0, 0.05) is 17.1 Å². The van der Waals surface area contributed by atoms with E-state index >= 15 is 0 Å². The van der Waals surface area contributed by atoms with Crippen molar-refractivity contribution in [1.29, 1.82) is 0 Å². The Morgan fingerprint density at radius 1 is 1.18 bits per heavy atom. The molecule has 28 heavy (non-hydrogen) atoms. The Morgan fingerprint density at radius 2 is 1.93 bits per heavy atom. The number of hydrogen-bond donors (Lipinski definition) is 1. The topological polar surface area (TPSA) is 56.2 Å². The van der Waals surface area contributed by atoms with Gasteiger partial charge in [0.25, 0.3) is 5.91 Å². The minimum absolute atomic E-state index is 0.0389. The van der Waals surface area contributed by atoms with Crippen molar-refractivity contribution in [3.63, 3.8) is 0 Å². The van der Waals surface area contributed by atoms with Crippen LogP contribution in [0.3, 0.4) is 0 Å². The Morgan fingerprint density at radius 3 is 2.71 bits per heavy atom. The standard InChI is InChI=1S/C22H22BrN3O2/c1-14-21(16-6-9-18(23)10-7-16)22(26(2)25-14)24-20(27)13-28-19-11-8-15-4-3-5-17(15)12-19/h6-12H,3-5,13H2,1-2H3,(H,24,27). The molecular formula is C22H22BrN3O2. The summed E-state index contributed by atoms with van der Waals surface area (Å²) in [6.07, 6.45) is 3.41. The van der Waals surface area contributed by atoms with Gasteiger partial charge < -0.3 is 10.1 Å². The number of benzene rings is 2. The van der Waals surface area contributed by atoms with E-state index in [-0.39, 0.29) is 12.5 Å². The molecule has 0 unspecified atom stereocenters. The van der Waals surface area contributed by atoms with E-state index in [0.29, 0.717) is 5.82 Å². The van der Waals surface area contributed by atoms with Gasteiger partial charge in [0.05, 0.1) is 5.69 Å². The van der Waals surface area contributed by atoms with Crippen LogP contribution in [0.15, 0.2) is 46.9 Å². The van der Waals surface area contributed by atoms with Crippen LogP contribution in [0.25, 0.3) is 11.1 Å². The van der Waals surface area contributed by atoms with Crippen LogP contribution in [-0.2, 0) is 24.7 Å². The Hall–Kier alpha value is -2.60. The Bertz CT molecular complexity index is 1030. The summed E-state index contributed by atoms with van der Waals surface area (Å²) in [5.41, 5.74) is 5.50. The van der Waals surface area contributed by atoms with Crippen LogP contribution in [0, 0.1) is 6.92 Å². The summed E-state index contributed by atoms with van der Waals surface area (Å²) in [5, 5.41) is 7.43. The minimum Gasteiger partial charge on any atom is -0.484 e. The second-order valence-electron chi connectivity index (χ2n) is 7.06. The first-order chi connectivity index (χ1) is 13.5. The zero-order valence-electron chi connectivity index (χ0n) is 16.0. The number of nitrogens with zero attached hydrogens (tertiary/aromatic N) is 2. The maximum atomic E-state index is 12.5.